The van der Waals surface area contributed by atoms with Crippen LogP contribution in [-0.4, -0.2) is 59.4 Å². The molecule has 2 aromatic rings. The molecule has 0 spiro atoms. The van der Waals surface area contributed by atoms with E-state index in [-0.39, 0.29) is 24.0 Å². The van der Waals surface area contributed by atoms with Crippen molar-refractivity contribution in [3.63, 3.8) is 0 Å². The third-order valence-corrected chi connectivity index (χ3v) is 6.28. The zero-order valence-corrected chi connectivity index (χ0v) is 19.2. The maximum absolute atomic E-state index is 13.4. The maximum Gasteiger partial charge on any atom is 0.411 e. The van der Waals surface area contributed by atoms with E-state index in [1.807, 2.05) is 0 Å². The summed E-state index contributed by atoms with van der Waals surface area (Å²) in [6.45, 7) is 6.06. The standard InChI is InChI=1S/C20H23F3N4O5S/c1-5-31-18(30)27-7-6-26(10-27)17(29)25-16-24-11(2)15(33-16)12-8-13(32-14(28)9-12)19(3,4)20(21,22)23/h8-9H,5-7,10H2,1-4H3,(H,24,25,29). The summed E-state index contributed by atoms with van der Waals surface area (Å²) in [5.41, 5.74) is -2.66. The van der Waals surface area contributed by atoms with E-state index in [0.717, 1.165) is 31.3 Å². The van der Waals surface area contributed by atoms with E-state index in [1.165, 1.54) is 15.9 Å². The van der Waals surface area contributed by atoms with Gasteiger partial charge in [0.1, 0.15) is 17.8 Å². The highest BCUT2D eigenvalue weighted by Crippen LogP contribution is 2.42. The number of hydrogen-bond donors (Lipinski definition) is 1. The quantitative estimate of drug-likeness (QED) is 0.693. The Bertz CT molecular complexity index is 1110. The molecule has 13 heteroatoms. The van der Waals surface area contributed by atoms with Crippen LogP contribution in [0.4, 0.5) is 27.9 Å². The van der Waals surface area contributed by atoms with Crippen molar-refractivity contribution in [3.05, 3.63) is 34.0 Å². The lowest BCUT2D eigenvalue weighted by molar-refractivity contribution is -0.185. The predicted octanol–water partition coefficient (Wildman–Crippen LogP) is 4.18. The van der Waals surface area contributed by atoms with Crippen molar-refractivity contribution in [1.82, 2.24) is 14.8 Å². The lowest BCUT2D eigenvalue weighted by atomic mass is 9.88. The molecular formula is C20H23F3N4O5S. The maximum atomic E-state index is 13.4. The van der Waals surface area contributed by atoms with Crippen LogP contribution < -0.4 is 10.9 Å². The van der Waals surface area contributed by atoms with Crippen molar-refractivity contribution in [1.29, 1.82) is 0 Å². The zero-order valence-electron chi connectivity index (χ0n) is 18.4. The van der Waals surface area contributed by atoms with Crippen LogP contribution in [0.15, 0.2) is 21.3 Å². The molecule has 33 heavy (non-hydrogen) atoms. The number of thiazole rings is 1. The summed E-state index contributed by atoms with van der Waals surface area (Å²) in [5.74, 6) is -0.521. The Labute approximate surface area is 191 Å². The van der Waals surface area contributed by atoms with E-state index < -0.39 is 35.1 Å². The second kappa shape index (κ2) is 9.04. The summed E-state index contributed by atoms with van der Waals surface area (Å²) >= 11 is 1.01. The van der Waals surface area contributed by atoms with Gasteiger partial charge in [0.25, 0.3) is 0 Å². The molecule has 0 aromatic carbocycles. The van der Waals surface area contributed by atoms with Gasteiger partial charge in [-0.15, -0.1) is 0 Å². The molecule has 0 saturated carbocycles. The van der Waals surface area contributed by atoms with Gasteiger partial charge in [0, 0.05) is 24.7 Å². The summed E-state index contributed by atoms with van der Waals surface area (Å²) in [6.07, 6.45) is -5.14. The van der Waals surface area contributed by atoms with E-state index in [9.17, 15) is 27.6 Å². The number of amides is 3. The molecule has 2 aromatic heterocycles. The smallest absolute Gasteiger partial charge is 0.411 e. The first-order valence-corrected chi connectivity index (χ1v) is 10.8. The van der Waals surface area contributed by atoms with E-state index in [1.54, 1.807) is 13.8 Å². The monoisotopic (exact) mass is 488 g/mol. The van der Waals surface area contributed by atoms with Crippen LogP contribution >= 0.6 is 11.3 Å². The Morgan fingerprint density at radius 2 is 1.91 bits per heavy atom. The molecule has 0 atom stereocenters. The van der Waals surface area contributed by atoms with Gasteiger partial charge in [0.05, 0.1) is 17.2 Å². The molecular weight excluding hydrogens is 465 g/mol. The fourth-order valence-corrected chi connectivity index (χ4v) is 4.01. The lowest BCUT2D eigenvalue weighted by Gasteiger charge is -2.26. The van der Waals surface area contributed by atoms with Crippen molar-refractivity contribution in [2.24, 2.45) is 0 Å². The molecule has 1 aliphatic heterocycles. The molecule has 180 valence electrons. The van der Waals surface area contributed by atoms with Crippen molar-refractivity contribution >= 4 is 28.6 Å². The van der Waals surface area contributed by atoms with Crippen molar-refractivity contribution in [3.8, 4) is 10.4 Å². The number of nitrogens with one attached hydrogen (secondary N) is 1. The molecule has 1 fully saturated rings. The van der Waals surface area contributed by atoms with Gasteiger partial charge in [0.2, 0.25) is 0 Å². The molecule has 1 aliphatic rings. The number of carbonyl (C=O) groups excluding carboxylic acids is 2. The largest absolute Gasteiger partial charge is 0.450 e. The number of anilines is 1. The Hall–Kier alpha value is -3.09. The second-order valence-electron chi connectivity index (χ2n) is 7.88. The van der Waals surface area contributed by atoms with Gasteiger partial charge in [-0.2, -0.15) is 13.2 Å². The Balaban J connectivity index is 1.80. The fourth-order valence-electron chi connectivity index (χ4n) is 3.06. The normalized spacial score (nSPS) is 14.5. The van der Waals surface area contributed by atoms with Crippen LogP contribution in [0.2, 0.25) is 0 Å². The number of urea groups is 1. The average Bonchev–Trinajstić information content (AvgIpc) is 3.34. The Kier molecular flexibility index (Phi) is 6.73. The van der Waals surface area contributed by atoms with E-state index in [0.29, 0.717) is 23.7 Å². The van der Waals surface area contributed by atoms with Gasteiger partial charge in [0.15, 0.2) is 5.13 Å². The van der Waals surface area contributed by atoms with Crippen molar-refractivity contribution in [2.45, 2.75) is 39.3 Å². The molecule has 0 unspecified atom stereocenters. The number of aromatic nitrogens is 1. The van der Waals surface area contributed by atoms with Gasteiger partial charge in [-0.3, -0.25) is 10.2 Å². The highest BCUT2D eigenvalue weighted by molar-refractivity contribution is 7.19. The average molecular weight is 488 g/mol. The molecule has 3 heterocycles. The SMILES string of the molecule is CCOC(=O)N1CCN(C(=O)Nc2nc(C)c(-c3cc(C(C)(C)C(F)(F)F)oc(=O)c3)s2)C1. The van der Waals surface area contributed by atoms with E-state index in [4.69, 9.17) is 9.15 Å². The number of nitrogens with zero attached hydrogens (tertiary/aromatic N) is 3. The van der Waals surface area contributed by atoms with Crippen LogP contribution in [0.3, 0.4) is 0 Å². The van der Waals surface area contributed by atoms with Gasteiger partial charge >= 0.3 is 23.9 Å². The Morgan fingerprint density at radius 3 is 2.55 bits per heavy atom. The number of alkyl halides is 3. The molecule has 0 radical (unpaired) electrons. The summed E-state index contributed by atoms with van der Waals surface area (Å²) in [7, 11) is 0. The summed E-state index contributed by atoms with van der Waals surface area (Å²) < 4.78 is 50.0. The second-order valence-corrected chi connectivity index (χ2v) is 8.88. The molecule has 3 amide bonds. The molecule has 9 nitrogen and oxygen atoms in total. The van der Waals surface area contributed by atoms with Gasteiger partial charge in [-0.1, -0.05) is 11.3 Å². The number of hydrogen-bond acceptors (Lipinski definition) is 7. The lowest BCUT2D eigenvalue weighted by Crippen LogP contribution is -2.37. The number of halogens is 3. The van der Waals surface area contributed by atoms with Gasteiger partial charge < -0.3 is 14.1 Å². The van der Waals surface area contributed by atoms with Gasteiger partial charge in [-0.05, 0) is 33.8 Å². The number of ether oxygens (including phenoxy) is 1. The first kappa shape index (κ1) is 24.6. The van der Waals surface area contributed by atoms with E-state index >= 15 is 0 Å². The van der Waals surface area contributed by atoms with Crippen molar-refractivity contribution in [2.75, 3.05) is 31.7 Å². The zero-order chi connectivity index (χ0) is 24.6. The van der Waals surface area contributed by atoms with Crippen LogP contribution in [-0.2, 0) is 10.2 Å². The minimum absolute atomic E-state index is 0.0531. The first-order valence-electron chi connectivity index (χ1n) is 10.0. The van der Waals surface area contributed by atoms with Crippen LogP contribution in [0, 0.1) is 6.92 Å². The third-order valence-electron chi connectivity index (χ3n) is 5.16. The summed E-state index contributed by atoms with van der Waals surface area (Å²) in [5, 5.41) is 2.82. The molecule has 0 aliphatic carbocycles. The minimum Gasteiger partial charge on any atom is -0.450 e. The third kappa shape index (κ3) is 5.13. The predicted molar refractivity (Wildman–Crippen MR) is 114 cm³/mol. The number of carbonyl (C=O) groups is 2. The minimum atomic E-state index is -4.63. The van der Waals surface area contributed by atoms with Gasteiger partial charge in [-0.25, -0.2) is 19.4 Å². The highest BCUT2D eigenvalue weighted by atomic mass is 32.1. The van der Waals surface area contributed by atoms with Crippen LogP contribution in [0.1, 0.15) is 32.2 Å². The molecule has 0 bridgehead atoms. The number of rotatable bonds is 4. The van der Waals surface area contributed by atoms with Crippen molar-refractivity contribution < 1.29 is 31.9 Å². The molecule has 1 saturated heterocycles. The summed E-state index contributed by atoms with van der Waals surface area (Å²) in [4.78, 5) is 43.8. The number of aryl methyl sites for hydroxylation is 1. The van der Waals surface area contributed by atoms with Crippen LogP contribution in [0.5, 0.6) is 0 Å². The van der Waals surface area contributed by atoms with E-state index in [2.05, 4.69) is 10.3 Å². The topological polar surface area (TPSA) is 105 Å². The Morgan fingerprint density at radius 1 is 1.24 bits per heavy atom. The molecule has 1 N–H and O–H groups in total. The molecule has 3 rings (SSSR count). The first-order chi connectivity index (χ1) is 15.3. The highest BCUT2D eigenvalue weighted by Gasteiger charge is 2.50. The van der Waals surface area contributed by atoms with Crippen LogP contribution in [0.25, 0.3) is 10.4 Å². The fraction of sp³-hybridized carbons (Fsp3) is 0.500. The summed E-state index contributed by atoms with van der Waals surface area (Å²) in [6, 6.07) is 1.76.